The van der Waals surface area contributed by atoms with Gasteiger partial charge in [-0.2, -0.15) is 0 Å². The quantitative estimate of drug-likeness (QED) is 0.756. The van der Waals surface area contributed by atoms with E-state index in [4.69, 9.17) is 9.72 Å². The van der Waals surface area contributed by atoms with Gasteiger partial charge in [0.05, 0.1) is 29.4 Å². The van der Waals surface area contributed by atoms with Crippen molar-refractivity contribution in [2.45, 2.75) is 31.8 Å². The zero-order valence-corrected chi connectivity index (χ0v) is 13.0. The van der Waals surface area contributed by atoms with Crippen molar-refractivity contribution in [1.82, 2.24) is 9.97 Å². The Balaban J connectivity index is 1.54. The summed E-state index contributed by atoms with van der Waals surface area (Å²) in [6.45, 7) is 5.01. The number of hydrogen-bond acceptors (Lipinski definition) is 4. The van der Waals surface area contributed by atoms with Crippen LogP contribution in [0.25, 0.3) is 11.0 Å². The minimum atomic E-state index is -0.0386. The molecule has 22 heavy (non-hydrogen) atoms. The molecule has 0 atom stereocenters. The summed E-state index contributed by atoms with van der Waals surface area (Å²) in [5.41, 5.74) is 3.34. The van der Waals surface area contributed by atoms with Gasteiger partial charge in [0.1, 0.15) is 5.82 Å². The molecular weight excluding hydrogens is 274 g/mol. The fourth-order valence-electron chi connectivity index (χ4n) is 3.48. The largest absolute Gasteiger partial charge is 0.370 e. The van der Waals surface area contributed by atoms with Crippen LogP contribution in [0.5, 0.6) is 0 Å². The molecule has 1 spiro atoms. The zero-order chi connectivity index (χ0) is 15.0. The smallest absolute Gasteiger partial charge is 0.147 e. The number of benzene rings is 1. The highest BCUT2D eigenvalue weighted by atomic mass is 16.5. The molecule has 114 valence electrons. The third kappa shape index (κ3) is 2.48. The summed E-state index contributed by atoms with van der Waals surface area (Å²) in [4.78, 5) is 11.6. The summed E-state index contributed by atoms with van der Waals surface area (Å²) < 4.78 is 6.09. The molecule has 1 aromatic carbocycles. The summed E-state index contributed by atoms with van der Waals surface area (Å²) in [5, 5.41) is 0. The Morgan fingerprint density at radius 3 is 2.68 bits per heavy atom. The molecule has 2 aliphatic rings. The topological polar surface area (TPSA) is 38.2 Å². The molecule has 4 rings (SSSR count). The molecule has 0 radical (unpaired) electrons. The van der Waals surface area contributed by atoms with Crippen LogP contribution in [0.3, 0.4) is 0 Å². The maximum absolute atomic E-state index is 6.09. The van der Waals surface area contributed by atoms with E-state index in [0.29, 0.717) is 0 Å². The summed E-state index contributed by atoms with van der Waals surface area (Å²) in [5.74, 6) is 0.977. The first-order chi connectivity index (χ1) is 10.7. The van der Waals surface area contributed by atoms with Crippen molar-refractivity contribution in [2.24, 2.45) is 0 Å². The fourth-order valence-corrected chi connectivity index (χ4v) is 3.48. The Kier molecular flexibility index (Phi) is 3.34. The molecule has 0 aliphatic carbocycles. The molecule has 3 heterocycles. The number of fused-ring (bicyclic) bond motifs is 1. The number of hydrogen-bond donors (Lipinski definition) is 0. The van der Waals surface area contributed by atoms with Gasteiger partial charge in [0, 0.05) is 13.1 Å². The van der Waals surface area contributed by atoms with E-state index in [1.54, 1.807) is 0 Å². The van der Waals surface area contributed by atoms with Gasteiger partial charge in [0.25, 0.3) is 0 Å². The van der Waals surface area contributed by atoms with Crippen LogP contribution in [0.1, 0.15) is 26.2 Å². The van der Waals surface area contributed by atoms with Crippen LogP contribution < -0.4 is 4.90 Å². The lowest BCUT2D eigenvalue weighted by atomic mass is 9.87. The molecule has 0 N–H and O–H groups in total. The van der Waals surface area contributed by atoms with Crippen LogP contribution in [-0.2, 0) is 4.74 Å². The molecule has 1 aromatic heterocycles. The SMILES string of the molecule is CC1=CC2(CCN(c3cnc4ccccc4n3)CC2)OCC1. The summed E-state index contributed by atoms with van der Waals surface area (Å²) in [6, 6.07) is 8.03. The van der Waals surface area contributed by atoms with Crippen molar-refractivity contribution in [1.29, 1.82) is 0 Å². The maximum atomic E-state index is 6.09. The Bertz CT molecular complexity index is 717. The van der Waals surface area contributed by atoms with E-state index >= 15 is 0 Å². The molecule has 1 fully saturated rings. The van der Waals surface area contributed by atoms with Gasteiger partial charge in [-0.05, 0) is 38.3 Å². The molecule has 0 unspecified atom stereocenters. The van der Waals surface area contributed by atoms with Crippen LogP contribution in [-0.4, -0.2) is 35.3 Å². The zero-order valence-electron chi connectivity index (χ0n) is 13.0. The predicted molar refractivity (Wildman–Crippen MR) is 88.0 cm³/mol. The molecule has 0 amide bonds. The van der Waals surface area contributed by atoms with E-state index in [1.165, 1.54) is 5.57 Å². The molecule has 0 bridgehead atoms. The lowest BCUT2D eigenvalue weighted by Gasteiger charge is -2.42. The third-order valence-corrected chi connectivity index (χ3v) is 4.76. The highest BCUT2D eigenvalue weighted by molar-refractivity contribution is 5.75. The Morgan fingerprint density at radius 2 is 1.91 bits per heavy atom. The van der Waals surface area contributed by atoms with Gasteiger partial charge in [-0.3, -0.25) is 4.98 Å². The number of anilines is 1. The van der Waals surface area contributed by atoms with Gasteiger partial charge in [-0.25, -0.2) is 4.98 Å². The molecule has 1 saturated heterocycles. The van der Waals surface area contributed by atoms with Crippen LogP contribution in [0.15, 0.2) is 42.1 Å². The second kappa shape index (κ2) is 5.36. The molecule has 2 aliphatic heterocycles. The molecule has 4 nitrogen and oxygen atoms in total. The van der Waals surface area contributed by atoms with E-state index in [9.17, 15) is 0 Å². The van der Waals surface area contributed by atoms with Crippen molar-refractivity contribution in [3.05, 3.63) is 42.1 Å². The van der Waals surface area contributed by atoms with Gasteiger partial charge in [0.15, 0.2) is 0 Å². The van der Waals surface area contributed by atoms with Crippen molar-refractivity contribution >= 4 is 16.9 Å². The second-order valence-electron chi connectivity index (χ2n) is 6.36. The van der Waals surface area contributed by atoms with Crippen LogP contribution in [0.4, 0.5) is 5.82 Å². The van der Waals surface area contributed by atoms with E-state index in [0.717, 1.165) is 55.8 Å². The standard InChI is InChI=1S/C18H21N3O/c1-14-6-11-22-18(12-14)7-9-21(10-8-18)17-13-19-15-4-2-3-5-16(15)20-17/h2-5,12-13H,6-11H2,1H3. The van der Waals surface area contributed by atoms with Crippen molar-refractivity contribution in [3.8, 4) is 0 Å². The molecular formula is C18H21N3O. The van der Waals surface area contributed by atoms with Gasteiger partial charge < -0.3 is 9.64 Å². The van der Waals surface area contributed by atoms with Gasteiger partial charge in [-0.15, -0.1) is 0 Å². The lowest BCUT2D eigenvalue weighted by molar-refractivity contribution is -0.0326. The number of rotatable bonds is 1. The Labute approximate surface area is 130 Å². The van der Waals surface area contributed by atoms with Gasteiger partial charge in [-0.1, -0.05) is 23.8 Å². The summed E-state index contributed by atoms with van der Waals surface area (Å²) in [7, 11) is 0. The average Bonchev–Trinajstić information content (AvgIpc) is 2.55. The van der Waals surface area contributed by atoms with E-state index in [1.807, 2.05) is 30.5 Å². The second-order valence-corrected chi connectivity index (χ2v) is 6.36. The van der Waals surface area contributed by atoms with E-state index < -0.39 is 0 Å². The monoisotopic (exact) mass is 295 g/mol. The number of ether oxygens (including phenoxy) is 1. The normalized spacial score (nSPS) is 21.1. The van der Waals surface area contributed by atoms with Crippen molar-refractivity contribution in [3.63, 3.8) is 0 Å². The molecule has 2 aromatic rings. The first-order valence-corrected chi connectivity index (χ1v) is 8.03. The number of aromatic nitrogens is 2. The average molecular weight is 295 g/mol. The van der Waals surface area contributed by atoms with Crippen molar-refractivity contribution < 1.29 is 4.74 Å². The number of nitrogens with zero attached hydrogens (tertiary/aromatic N) is 3. The Hall–Kier alpha value is -1.94. The minimum absolute atomic E-state index is 0.0386. The summed E-state index contributed by atoms with van der Waals surface area (Å²) in [6.07, 6.45) is 7.36. The van der Waals surface area contributed by atoms with Crippen LogP contribution in [0.2, 0.25) is 0 Å². The first kappa shape index (κ1) is 13.7. The number of piperidine rings is 1. The van der Waals surface area contributed by atoms with Gasteiger partial charge >= 0.3 is 0 Å². The highest BCUT2D eigenvalue weighted by Gasteiger charge is 2.35. The van der Waals surface area contributed by atoms with Crippen LogP contribution in [0, 0.1) is 0 Å². The Morgan fingerprint density at radius 1 is 1.14 bits per heavy atom. The predicted octanol–water partition coefficient (Wildman–Crippen LogP) is 3.34. The van der Waals surface area contributed by atoms with Crippen LogP contribution >= 0.6 is 0 Å². The first-order valence-electron chi connectivity index (χ1n) is 8.03. The minimum Gasteiger partial charge on any atom is -0.370 e. The van der Waals surface area contributed by atoms with E-state index in [-0.39, 0.29) is 5.60 Å². The van der Waals surface area contributed by atoms with Crippen molar-refractivity contribution in [2.75, 3.05) is 24.6 Å². The lowest BCUT2D eigenvalue weighted by Crippen LogP contribution is -2.46. The highest BCUT2D eigenvalue weighted by Crippen LogP contribution is 2.34. The summed E-state index contributed by atoms with van der Waals surface area (Å²) >= 11 is 0. The molecule has 0 saturated carbocycles. The van der Waals surface area contributed by atoms with E-state index in [2.05, 4.69) is 22.9 Å². The van der Waals surface area contributed by atoms with Gasteiger partial charge in [0.2, 0.25) is 0 Å². The maximum Gasteiger partial charge on any atom is 0.147 e. The third-order valence-electron chi connectivity index (χ3n) is 4.76. The molecule has 4 heteroatoms. The number of para-hydroxylation sites is 2. The fraction of sp³-hybridized carbons (Fsp3) is 0.444.